The van der Waals surface area contributed by atoms with Crippen molar-refractivity contribution in [3.8, 4) is 0 Å². The Labute approximate surface area is 104 Å². The van der Waals surface area contributed by atoms with E-state index in [0.29, 0.717) is 13.0 Å². The lowest BCUT2D eigenvalue weighted by atomic mass is 10.1. The summed E-state index contributed by atoms with van der Waals surface area (Å²) >= 11 is 5.53. The highest BCUT2D eigenvalue weighted by atomic mass is 35.5. The van der Waals surface area contributed by atoms with E-state index in [1.807, 2.05) is 0 Å². The number of aliphatic hydroxyl groups is 1. The van der Waals surface area contributed by atoms with Crippen LogP contribution in [0.15, 0.2) is 0 Å². The summed E-state index contributed by atoms with van der Waals surface area (Å²) in [5.74, 6) is 0.0195. The van der Waals surface area contributed by atoms with Crippen LogP contribution in [0.5, 0.6) is 0 Å². The second kappa shape index (κ2) is 11.2. The van der Waals surface area contributed by atoms with Gasteiger partial charge in [0.1, 0.15) is 5.88 Å². The van der Waals surface area contributed by atoms with Gasteiger partial charge in [-0.05, 0) is 12.8 Å². The van der Waals surface area contributed by atoms with Crippen LogP contribution in [0.3, 0.4) is 0 Å². The van der Waals surface area contributed by atoms with E-state index in [2.05, 4.69) is 6.92 Å². The minimum atomic E-state index is -0.0226. The molecule has 0 saturated heterocycles. The van der Waals surface area contributed by atoms with Gasteiger partial charge in [0.15, 0.2) is 0 Å². The van der Waals surface area contributed by atoms with Gasteiger partial charge in [0, 0.05) is 19.7 Å². The first-order valence-corrected chi connectivity index (χ1v) is 6.74. The molecule has 0 aromatic heterocycles. The molecular weight excluding hydrogens is 226 g/mol. The predicted molar refractivity (Wildman–Crippen MR) is 67.8 cm³/mol. The summed E-state index contributed by atoms with van der Waals surface area (Å²) in [7, 11) is 0. The van der Waals surface area contributed by atoms with Crippen molar-refractivity contribution in [3.63, 3.8) is 0 Å². The summed E-state index contributed by atoms with van der Waals surface area (Å²) in [5.41, 5.74) is 0. The average molecular weight is 250 g/mol. The molecular formula is C12H24ClNO2. The molecule has 4 heteroatoms. The molecule has 0 aliphatic heterocycles. The molecule has 0 atom stereocenters. The summed E-state index contributed by atoms with van der Waals surface area (Å²) in [6.45, 7) is 3.71. The summed E-state index contributed by atoms with van der Waals surface area (Å²) in [6, 6.07) is 0. The smallest absolute Gasteiger partial charge is 0.237 e. The van der Waals surface area contributed by atoms with E-state index in [4.69, 9.17) is 16.7 Å². The molecule has 0 bridgehead atoms. The van der Waals surface area contributed by atoms with Gasteiger partial charge in [-0.2, -0.15) is 0 Å². The van der Waals surface area contributed by atoms with Gasteiger partial charge in [0.2, 0.25) is 5.91 Å². The lowest BCUT2D eigenvalue weighted by Crippen LogP contribution is -2.34. The van der Waals surface area contributed by atoms with Crippen LogP contribution in [0, 0.1) is 0 Å². The molecule has 0 aliphatic rings. The zero-order chi connectivity index (χ0) is 12.2. The van der Waals surface area contributed by atoms with Gasteiger partial charge in [-0.15, -0.1) is 11.6 Å². The Hall–Kier alpha value is -0.280. The SMILES string of the molecule is CCCCCCCN(CCCO)C(=O)CCl. The van der Waals surface area contributed by atoms with Crippen LogP contribution < -0.4 is 0 Å². The average Bonchev–Trinajstić information content (AvgIpc) is 2.31. The number of hydrogen-bond donors (Lipinski definition) is 1. The number of carbonyl (C=O) groups excluding carboxylic acids is 1. The van der Waals surface area contributed by atoms with Crippen LogP contribution in [0.2, 0.25) is 0 Å². The lowest BCUT2D eigenvalue weighted by molar-refractivity contribution is -0.128. The van der Waals surface area contributed by atoms with Crippen molar-refractivity contribution in [3.05, 3.63) is 0 Å². The number of carbonyl (C=O) groups is 1. The molecule has 0 spiro atoms. The normalized spacial score (nSPS) is 10.4. The summed E-state index contributed by atoms with van der Waals surface area (Å²) < 4.78 is 0. The summed E-state index contributed by atoms with van der Waals surface area (Å²) in [6.07, 6.45) is 6.57. The number of halogens is 1. The maximum Gasteiger partial charge on any atom is 0.237 e. The molecule has 0 unspecified atom stereocenters. The predicted octanol–water partition coefficient (Wildman–Crippen LogP) is 2.41. The monoisotopic (exact) mass is 249 g/mol. The minimum absolute atomic E-state index is 0.0226. The van der Waals surface area contributed by atoms with Crippen molar-refractivity contribution in [2.45, 2.75) is 45.4 Å². The zero-order valence-corrected chi connectivity index (χ0v) is 11.0. The molecule has 96 valence electrons. The van der Waals surface area contributed by atoms with E-state index in [1.165, 1.54) is 25.7 Å². The molecule has 0 aromatic carbocycles. The quantitative estimate of drug-likeness (QED) is 0.477. The third-order valence-electron chi connectivity index (χ3n) is 2.58. The Morgan fingerprint density at radius 2 is 1.75 bits per heavy atom. The highest BCUT2D eigenvalue weighted by molar-refractivity contribution is 6.27. The van der Waals surface area contributed by atoms with Crippen LogP contribution in [-0.4, -0.2) is 41.5 Å². The third kappa shape index (κ3) is 7.94. The summed E-state index contributed by atoms with van der Waals surface area (Å²) in [5, 5.41) is 8.74. The first-order chi connectivity index (χ1) is 7.76. The van der Waals surface area contributed by atoms with Gasteiger partial charge >= 0.3 is 0 Å². The van der Waals surface area contributed by atoms with Crippen molar-refractivity contribution in [2.24, 2.45) is 0 Å². The molecule has 3 nitrogen and oxygen atoms in total. The van der Waals surface area contributed by atoms with Crippen LogP contribution in [0.4, 0.5) is 0 Å². The number of amides is 1. The van der Waals surface area contributed by atoms with E-state index in [-0.39, 0.29) is 18.4 Å². The van der Waals surface area contributed by atoms with Gasteiger partial charge in [-0.1, -0.05) is 32.6 Å². The Morgan fingerprint density at radius 1 is 1.12 bits per heavy atom. The lowest BCUT2D eigenvalue weighted by Gasteiger charge is -2.21. The standard InChI is InChI=1S/C12H24ClNO2/c1-2-3-4-5-6-8-14(9-7-10-15)12(16)11-13/h15H,2-11H2,1H3. The Morgan fingerprint density at radius 3 is 2.31 bits per heavy atom. The van der Waals surface area contributed by atoms with Crippen LogP contribution in [-0.2, 0) is 4.79 Å². The molecule has 0 fully saturated rings. The minimum Gasteiger partial charge on any atom is -0.396 e. The topological polar surface area (TPSA) is 40.5 Å². The zero-order valence-electron chi connectivity index (χ0n) is 10.3. The van der Waals surface area contributed by atoms with Crippen molar-refractivity contribution in [2.75, 3.05) is 25.6 Å². The second-order valence-electron chi connectivity index (χ2n) is 4.01. The molecule has 1 amide bonds. The molecule has 1 N–H and O–H groups in total. The largest absolute Gasteiger partial charge is 0.396 e. The Balaban J connectivity index is 3.69. The summed E-state index contributed by atoms with van der Waals surface area (Å²) in [4.78, 5) is 13.2. The highest BCUT2D eigenvalue weighted by Gasteiger charge is 2.10. The molecule has 0 rings (SSSR count). The van der Waals surface area contributed by atoms with E-state index >= 15 is 0 Å². The van der Waals surface area contributed by atoms with Crippen molar-refractivity contribution >= 4 is 17.5 Å². The molecule has 16 heavy (non-hydrogen) atoms. The van der Waals surface area contributed by atoms with Gasteiger partial charge in [-0.3, -0.25) is 4.79 Å². The highest BCUT2D eigenvalue weighted by Crippen LogP contribution is 2.05. The van der Waals surface area contributed by atoms with Crippen molar-refractivity contribution < 1.29 is 9.90 Å². The molecule has 0 saturated carbocycles. The second-order valence-corrected chi connectivity index (χ2v) is 4.27. The third-order valence-corrected chi connectivity index (χ3v) is 2.81. The molecule has 0 radical (unpaired) electrons. The van der Waals surface area contributed by atoms with Gasteiger partial charge in [0.25, 0.3) is 0 Å². The van der Waals surface area contributed by atoms with E-state index in [0.717, 1.165) is 13.0 Å². The van der Waals surface area contributed by atoms with Crippen LogP contribution in [0.25, 0.3) is 0 Å². The number of rotatable bonds is 10. The van der Waals surface area contributed by atoms with Gasteiger partial charge < -0.3 is 10.0 Å². The number of nitrogens with zero attached hydrogens (tertiary/aromatic N) is 1. The van der Waals surface area contributed by atoms with E-state index in [9.17, 15) is 4.79 Å². The maximum absolute atomic E-state index is 11.5. The number of alkyl halides is 1. The van der Waals surface area contributed by atoms with Gasteiger partial charge in [0.05, 0.1) is 0 Å². The fraction of sp³-hybridized carbons (Fsp3) is 0.917. The fourth-order valence-corrected chi connectivity index (χ4v) is 1.78. The molecule has 0 aromatic rings. The first kappa shape index (κ1) is 15.7. The maximum atomic E-state index is 11.5. The van der Waals surface area contributed by atoms with Crippen molar-refractivity contribution in [1.82, 2.24) is 4.90 Å². The molecule has 0 aliphatic carbocycles. The van der Waals surface area contributed by atoms with Crippen LogP contribution >= 0.6 is 11.6 Å². The van der Waals surface area contributed by atoms with E-state index in [1.54, 1.807) is 4.90 Å². The fourth-order valence-electron chi connectivity index (χ4n) is 1.61. The Kier molecular flexibility index (Phi) is 11.0. The van der Waals surface area contributed by atoms with Crippen LogP contribution in [0.1, 0.15) is 45.4 Å². The Bertz CT molecular complexity index is 176. The van der Waals surface area contributed by atoms with Gasteiger partial charge in [-0.25, -0.2) is 0 Å². The first-order valence-electron chi connectivity index (χ1n) is 6.20. The molecule has 0 heterocycles. The number of aliphatic hydroxyl groups excluding tert-OH is 1. The number of hydrogen-bond acceptors (Lipinski definition) is 2. The van der Waals surface area contributed by atoms with E-state index < -0.39 is 0 Å². The van der Waals surface area contributed by atoms with Crippen molar-refractivity contribution in [1.29, 1.82) is 0 Å². The number of unbranched alkanes of at least 4 members (excludes halogenated alkanes) is 4.